The van der Waals surface area contributed by atoms with E-state index in [4.69, 9.17) is 16.3 Å². The van der Waals surface area contributed by atoms with Crippen LogP contribution in [0.4, 0.5) is 18.9 Å². The molecule has 2 aromatic carbocycles. The number of alkyl halides is 3. The smallest absolute Gasteiger partial charge is 0.392 e. The number of esters is 1. The molecule has 3 aromatic rings. The molecule has 0 spiro atoms. The Morgan fingerprint density at radius 2 is 1.74 bits per heavy atom. The van der Waals surface area contributed by atoms with Crippen LogP contribution in [-0.4, -0.2) is 28.2 Å². The van der Waals surface area contributed by atoms with E-state index in [1.54, 1.807) is 68.8 Å². The standard InChI is InChI=1S/C30H34ClF3N2O3/c1-17(30(32,33)34)27(21-9-8-19-12-13-36(5)25(19)15-21)28(38)35-24-14-20(10-11-23(24)31)22(18-6-7-18)16-26(37)39-29(2,3)4/h8-15,17-18,22,27H,6-7,16H2,1-5H3,(H,35,38). The van der Waals surface area contributed by atoms with Gasteiger partial charge in [0.15, 0.2) is 0 Å². The van der Waals surface area contributed by atoms with E-state index in [2.05, 4.69) is 5.32 Å². The van der Waals surface area contributed by atoms with Gasteiger partial charge in [-0.3, -0.25) is 9.59 Å². The van der Waals surface area contributed by atoms with E-state index in [0.29, 0.717) is 0 Å². The van der Waals surface area contributed by atoms with Crippen molar-refractivity contribution in [2.45, 2.75) is 70.6 Å². The molecular formula is C30H34ClF3N2O3. The molecule has 1 aromatic heterocycles. The van der Waals surface area contributed by atoms with Crippen LogP contribution < -0.4 is 5.32 Å². The number of benzene rings is 2. The summed E-state index contributed by atoms with van der Waals surface area (Å²) in [6.45, 7) is 6.43. The number of halogens is 4. The summed E-state index contributed by atoms with van der Waals surface area (Å²) < 4.78 is 49.2. The fourth-order valence-corrected chi connectivity index (χ4v) is 5.19. The minimum Gasteiger partial charge on any atom is -0.460 e. The van der Waals surface area contributed by atoms with Crippen LogP contribution in [-0.2, 0) is 21.4 Å². The molecule has 0 radical (unpaired) electrons. The molecule has 39 heavy (non-hydrogen) atoms. The lowest BCUT2D eigenvalue weighted by molar-refractivity contribution is -0.178. The zero-order valence-electron chi connectivity index (χ0n) is 22.7. The molecule has 0 aliphatic heterocycles. The predicted octanol–water partition coefficient (Wildman–Crippen LogP) is 7.98. The zero-order chi connectivity index (χ0) is 28.7. The maximum atomic E-state index is 13.9. The van der Waals surface area contributed by atoms with Crippen LogP contribution in [0.2, 0.25) is 5.02 Å². The molecule has 1 aliphatic rings. The summed E-state index contributed by atoms with van der Waals surface area (Å²) in [4.78, 5) is 26.1. The van der Waals surface area contributed by atoms with Crippen LogP contribution >= 0.6 is 11.6 Å². The average molecular weight is 563 g/mol. The Kier molecular flexibility index (Phi) is 8.08. The molecule has 3 atom stereocenters. The third kappa shape index (κ3) is 6.96. The lowest BCUT2D eigenvalue weighted by Crippen LogP contribution is -2.34. The van der Waals surface area contributed by atoms with Gasteiger partial charge >= 0.3 is 12.1 Å². The van der Waals surface area contributed by atoms with E-state index in [1.165, 1.54) is 0 Å². The molecule has 1 fully saturated rings. The molecule has 5 nitrogen and oxygen atoms in total. The van der Waals surface area contributed by atoms with E-state index in [-0.39, 0.29) is 40.5 Å². The minimum absolute atomic E-state index is 0.141. The van der Waals surface area contributed by atoms with Gasteiger partial charge in [0.05, 0.1) is 29.0 Å². The van der Waals surface area contributed by atoms with E-state index < -0.39 is 29.5 Å². The third-order valence-corrected chi connectivity index (χ3v) is 7.57. The van der Waals surface area contributed by atoms with E-state index >= 15 is 0 Å². The fourth-order valence-electron chi connectivity index (χ4n) is 5.03. The van der Waals surface area contributed by atoms with Crippen LogP contribution in [0.1, 0.15) is 69.9 Å². The first-order valence-corrected chi connectivity index (χ1v) is 13.5. The van der Waals surface area contributed by atoms with Crippen molar-refractivity contribution in [2.75, 3.05) is 5.32 Å². The predicted molar refractivity (Wildman–Crippen MR) is 147 cm³/mol. The molecule has 1 amide bonds. The number of anilines is 1. The van der Waals surface area contributed by atoms with E-state index in [0.717, 1.165) is 36.2 Å². The highest BCUT2D eigenvalue weighted by Crippen LogP contribution is 2.46. The summed E-state index contributed by atoms with van der Waals surface area (Å²) in [6.07, 6.45) is -0.687. The molecule has 1 heterocycles. The number of carbonyl (C=O) groups excluding carboxylic acids is 2. The number of fused-ring (bicyclic) bond motifs is 1. The second-order valence-corrected chi connectivity index (χ2v) is 11.9. The Balaban J connectivity index is 1.64. The number of nitrogens with one attached hydrogen (secondary N) is 1. The second kappa shape index (κ2) is 10.9. The molecule has 3 unspecified atom stereocenters. The van der Waals surface area contributed by atoms with Crippen molar-refractivity contribution in [2.24, 2.45) is 18.9 Å². The summed E-state index contributed by atoms with van der Waals surface area (Å²) in [5, 5.41) is 3.74. The molecule has 210 valence electrons. The Labute approximate surface area is 231 Å². The van der Waals surface area contributed by atoms with Crippen molar-refractivity contribution < 1.29 is 27.5 Å². The van der Waals surface area contributed by atoms with E-state index in [9.17, 15) is 22.8 Å². The van der Waals surface area contributed by atoms with E-state index in [1.807, 2.05) is 12.3 Å². The SMILES string of the molecule is CC(C(C(=O)Nc1cc(C(CC(=O)OC(C)(C)C)C2CC2)ccc1Cl)c1ccc2ccn(C)c2c1)C(F)(F)F. The molecule has 0 bridgehead atoms. The quantitative estimate of drug-likeness (QED) is 0.283. The van der Waals surface area contributed by atoms with Gasteiger partial charge in [0.2, 0.25) is 5.91 Å². The lowest BCUT2D eigenvalue weighted by Gasteiger charge is -2.26. The number of ether oxygens (including phenoxy) is 1. The van der Waals surface area contributed by atoms with Crippen LogP contribution in [0, 0.1) is 11.8 Å². The number of nitrogens with zero attached hydrogens (tertiary/aromatic N) is 1. The highest BCUT2D eigenvalue weighted by molar-refractivity contribution is 6.33. The largest absolute Gasteiger partial charge is 0.460 e. The maximum absolute atomic E-state index is 13.9. The number of aryl methyl sites for hydroxylation is 1. The van der Waals surface area contributed by atoms with Gasteiger partial charge in [-0.2, -0.15) is 13.2 Å². The summed E-state index contributed by atoms with van der Waals surface area (Å²) >= 11 is 6.41. The molecular weight excluding hydrogens is 529 g/mol. The normalized spacial score (nSPS) is 16.5. The van der Waals surface area contributed by atoms with Crippen molar-refractivity contribution in [1.29, 1.82) is 0 Å². The minimum atomic E-state index is -4.60. The molecule has 9 heteroatoms. The summed E-state index contributed by atoms with van der Waals surface area (Å²) in [7, 11) is 1.80. The molecule has 1 aliphatic carbocycles. The number of amides is 1. The van der Waals surface area contributed by atoms with Crippen LogP contribution in [0.15, 0.2) is 48.7 Å². The van der Waals surface area contributed by atoms with Crippen molar-refractivity contribution in [1.82, 2.24) is 4.57 Å². The first-order chi connectivity index (χ1) is 18.1. The van der Waals surface area contributed by atoms with Gasteiger partial charge in [0.25, 0.3) is 0 Å². The number of hydrogen-bond donors (Lipinski definition) is 1. The van der Waals surface area contributed by atoms with Crippen LogP contribution in [0.5, 0.6) is 0 Å². The highest BCUT2D eigenvalue weighted by atomic mass is 35.5. The first kappa shape index (κ1) is 29.0. The van der Waals surface area contributed by atoms with Crippen molar-refractivity contribution >= 4 is 40.1 Å². The van der Waals surface area contributed by atoms with Gasteiger partial charge in [-0.1, -0.05) is 36.7 Å². The van der Waals surface area contributed by atoms with Crippen LogP contribution in [0.25, 0.3) is 10.9 Å². The third-order valence-electron chi connectivity index (χ3n) is 7.24. The monoisotopic (exact) mass is 562 g/mol. The summed E-state index contributed by atoms with van der Waals surface area (Å²) in [6, 6.07) is 11.8. The number of hydrogen-bond acceptors (Lipinski definition) is 3. The highest BCUT2D eigenvalue weighted by Gasteiger charge is 2.45. The Morgan fingerprint density at radius 3 is 2.36 bits per heavy atom. The van der Waals surface area contributed by atoms with Gasteiger partial charge in [-0.25, -0.2) is 0 Å². The first-order valence-electron chi connectivity index (χ1n) is 13.1. The Hall–Kier alpha value is -3.00. The van der Waals surface area contributed by atoms with Crippen molar-refractivity contribution in [3.63, 3.8) is 0 Å². The Bertz CT molecular complexity index is 1370. The number of rotatable bonds is 8. The van der Waals surface area contributed by atoms with Gasteiger partial charge < -0.3 is 14.6 Å². The maximum Gasteiger partial charge on any atom is 0.392 e. The summed E-state index contributed by atoms with van der Waals surface area (Å²) in [5.74, 6) is -4.42. The molecule has 1 N–H and O–H groups in total. The Morgan fingerprint density at radius 1 is 1.08 bits per heavy atom. The average Bonchev–Trinajstić information content (AvgIpc) is 3.60. The fraction of sp³-hybridized carbons (Fsp3) is 0.467. The van der Waals surface area contributed by atoms with Crippen LogP contribution in [0.3, 0.4) is 0 Å². The number of aromatic nitrogens is 1. The molecule has 4 rings (SSSR count). The van der Waals surface area contributed by atoms with Gasteiger partial charge in [-0.15, -0.1) is 0 Å². The van der Waals surface area contributed by atoms with Gasteiger partial charge in [0.1, 0.15) is 5.60 Å². The molecule has 0 saturated heterocycles. The van der Waals surface area contributed by atoms with Gasteiger partial charge in [-0.05, 0) is 86.2 Å². The molecule has 1 saturated carbocycles. The van der Waals surface area contributed by atoms with Crippen molar-refractivity contribution in [3.05, 3.63) is 64.8 Å². The second-order valence-electron chi connectivity index (χ2n) is 11.5. The topological polar surface area (TPSA) is 60.3 Å². The van der Waals surface area contributed by atoms with Crippen molar-refractivity contribution in [3.8, 4) is 0 Å². The lowest BCUT2D eigenvalue weighted by atomic mass is 9.85. The zero-order valence-corrected chi connectivity index (χ0v) is 23.5. The number of carbonyl (C=O) groups is 2. The van der Waals surface area contributed by atoms with Gasteiger partial charge in [0, 0.05) is 18.8 Å². The summed E-state index contributed by atoms with van der Waals surface area (Å²) in [5.41, 5.74) is 1.38.